The summed E-state index contributed by atoms with van der Waals surface area (Å²) in [7, 11) is 1.73. The van der Waals surface area contributed by atoms with Gasteiger partial charge in [-0.05, 0) is 56.3 Å². The van der Waals surface area contributed by atoms with Crippen LogP contribution in [0, 0.1) is 34.5 Å². The SMILES string of the molecule is CCCCCCC1CCC(C2CCC(C#N)(COC)CC2)CC1. The van der Waals surface area contributed by atoms with Crippen molar-refractivity contribution in [1.29, 1.82) is 5.26 Å². The van der Waals surface area contributed by atoms with Gasteiger partial charge in [-0.2, -0.15) is 5.26 Å². The van der Waals surface area contributed by atoms with Crippen LogP contribution in [-0.2, 0) is 4.74 Å². The second kappa shape index (κ2) is 9.67. The lowest BCUT2D eigenvalue weighted by molar-refractivity contribution is 0.0555. The van der Waals surface area contributed by atoms with E-state index in [0.717, 1.165) is 30.6 Å². The molecule has 2 heteroatoms. The first-order valence-corrected chi connectivity index (χ1v) is 10.1. The summed E-state index contributed by atoms with van der Waals surface area (Å²) in [5.74, 6) is 2.84. The molecule has 0 amide bonds. The molecule has 0 heterocycles. The van der Waals surface area contributed by atoms with Crippen LogP contribution in [0.2, 0.25) is 0 Å². The Morgan fingerprint density at radius 1 is 0.957 bits per heavy atom. The van der Waals surface area contributed by atoms with Gasteiger partial charge < -0.3 is 4.74 Å². The van der Waals surface area contributed by atoms with E-state index >= 15 is 0 Å². The van der Waals surface area contributed by atoms with E-state index in [-0.39, 0.29) is 5.41 Å². The predicted octanol–water partition coefficient (Wildman–Crippen LogP) is 6.11. The van der Waals surface area contributed by atoms with Crippen LogP contribution in [0.3, 0.4) is 0 Å². The normalized spacial score (nSPS) is 34.9. The van der Waals surface area contributed by atoms with Crippen LogP contribution in [0.5, 0.6) is 0 Å². The van der Waals surface area contributed by atoms with E-state index in [2.05, 4.69) is 13.0 Å². The summed E-state index contributed by atoms with van der Waals surface area (Å²) in [6.45, 7) is 2.92. The fourth-order valence-corrected chi connectivity index (χ4v) is 5.04. The third-order valence-electron chi connectivity index (χ3n) is 6.67. The zero-order valence-corrected chi connectivity index (χ0v) is 15.5. The van der Waals surface area contributed by atoms with Crippen LogP contribution >= 0.6 is 0 Å². The summed E-state index contributed by atoms with van der Waals surface area (Å²) in [5.41, 5.74) is -0.179. The van der Waals surface area contributed by atoms with Crippen LogP contribution in [0.4, 0.5) is 0 Å². The second-order valence-corrected chi connectivity index (χ2v) is 8.29. The number of rotatable bonds is 8. The van der Waals surface area contributed by atoms with E-state index < -0.39 is 0 Å². The lowest BCUT2D eigenvalue weighted by atomic mass is 9.65. The molecule has 2 aliphatic rings. The summed E-state index contributed by atoms with van der Waals surface area (Å²) >= 11 is 0. The molecule has 0 aromatic carbocycles. The maximum absolute atomic E-state index is 9.49. The van der Waals surface area contributed by atoms with Crippen molar-refractivity contribution in [3.63, 3.8) is 0 Å². The maximum Gasteiger partial charge on any atom is 0.0807 e. The van der Waals surface area contributed by atoms with E-state index in [4.69, 9.17) is 4.74 Å². The molecule has 0 aromatic heterocycles. The summed E-state index contributed by atoms with van der Waals surface area (Å²) in [5, 5.41) is 9.49. The minimum atomic E-state index is -0.179. The molecule has 0 saturated heterocycles. The van der Waals surface area contributed by atoms with Gasteiger partial charge in [-0.25, -0.2) is 0 Å². The molecule has 2 saturated carbocycles. The zero-order chi connectivity index (χ0) is 16.5. The molecule has 0 aliphatic heterocycles. The second-order valence-electron chi connectivity index (χ2n) is 8.29. The molecular formula is C21H37NO. The zero-order valence-electron chi connectivity index (χ0n) is 15.5. The van der Waals surface area contributed by atoms with Crippen molar-refractivity contribution in [3.8, 4) is 6.07 Å². The summed E-state index contributed by atoms with van der Waals surface area (Å²) in [6.07, 6.45) is 17.6. The smallest absolute Gasteiger partial charge is 0.0807 e. The van der Waals surface area contributed by atoms with E-state index in [1.165, 1.54) is 70.6 Å². The Balaban J connectivity index is 1.67. The predicted molar refractivity (Wildman–Crippen MR) is 96.1 cm³/mol. The van der Waals surface area contributed by atoms with Gasteiger partial charge in [0.1, 0.15) is 0 Å². The molecule has 0 atom stereocenters. The Bertz CT molecular complexity index is 357. The van der Waals surface area contributed by atoms with Gasteiger partial charge in [0.25, 0.3) is 0 Å². The first kappa shape index (κ1) is 18.8. The van der Waals surface area contributed by atoms with Gasteiger partial charge in [0.2, 0.25) is 0 Å². The van der Waals surface area contributed by atoms with Gasteiger partial charge in [-0.3, -0.25) is 0 Å². The van der Waals surface area contributed by atoms with Crippen molar-refractivity contribution in [3.05, 3.63) is 0 Å². The van der Waals surface area contributed by atoms with Gasteiger partial charge in [0.05, 0.1) is 18.1 Å². The van der Waals surface area contributed by atoms with Crippen molar-refractivity contribution in [2.24, 2.45) is 23.2 Å². The summed E-state index contributed by atoms with van der Waals surface area (Å²) in [4.78, 5) is 0. The van der Waals surface area contributed by atoms with Crippen molar-refractivity contribution in [2.45, 2.75) is 90.4 Å². The monoisotopic (exact) mass is 319 g/mol. The van der Waals surface area contributed by atoms with Crippen LogP contribution < -0.4 is 0 Å². The number of hydrogen-bond donors (Lipinski definition) is 0. The largest absolute Gasteiger partial charge is 0.383 e. The van der Waals surface area contributed by atoms with Gasteiger partial charge in [0, 0.05) is 7.11 Å². The Kier molecular flexibility index (Phi) is 7.90. The number of ether oxygens (including phenoxy) is 1. The number of methoxy groups -OCH3 is 1. The molecule has 2 rings (SSSR count). The van der Waals surface area contributed by atoms with E-state index in [9.17, 15) is 5.26 Å². The fourth-order valence-electron chi connectivity index (χ4n) is 5.04. The van der Waals surface area contributed by atoms with Crippen LogP contribution in [0.1, 0.15) is 90.4 Å². The molecule has 0 aromatic rings. The molecule has 0 unspecified atom stereocenters. The third-order valence-corrected chi connectivity index (χ3v) is 6.67. The number of nitrogens with zero attached hydrogens (tertiary/aromatic N) is 1. The van der Waals surface area contributed by atoms with E-state index in [1.54, 1.807) is 7.11 Å². The highest BCUT2D eigenvalue weighted by atomic mass is 16.5. The van der Waals surface area contributed by atoms with Gasteiger partial charge in [-0.1, -0.05) is 51.9 Å². The van der Waals surface area contributed by atoms with E-state index in [1.807, 2.05) is 0 Å². The first-order chi connectivity index (χ1) is 11.2. The lowest BCUT2D eigenvalue weighted by Gasteiger charge is -2.40. The average Bonchev–Trinajstić information content (AvgIpc) is 2.60. The van der Waals surface area contributed by atoms with Crippen molar-refractivity contribution >= 4 is 0 Å². The van der Waals surface area contributed by atoms with Crippen LogP contribution in [-0.4, -0.2) is 13.7 Å². The molecular weight excluding hydrogens is 282 g/mol. The molecule has 2 aliphatic carbocycles. The van der Waals surface area contributed by atoms with Gasteiger partial charge in [-0.15, -0.1) is 0 Å². The Hall–Kier alpha value is -0.550. The van der Waals surface area contributed by atoms with Crippen molar-refractivity contribution in [1.82, 2.24) is 0 Å². The number of nitriles is 1. The lowest BCUT2D eigenvalue weighted by Crippen LogP contribution is -2.33. The molecule has 2 nitrogen and oxygen atoms in total. The number of hydrogen-bond acceptors (Lipinski definition) is 2. The molecule has 23 heavy (non-hydrogen) atoms. The Morgan fingerprint density at radius 2 is 1.61 bits per heavy atom. The van der Waals surface area contributed by atoms with Gasteiger partial charge in [0.15, 0.2) is 0 Å². The summed E-state index contributed by atoms with van der Waals surface area (Å²) in [6, 6.07) is 2.56. The minimum Gasteiger partial charge on any atom is -0.383 e. The molecule has 2 fully saturated rings. The van der Waals surface area contributed by atoms with Gasteiger partial charge >= 0.3 is 0 Å². The Labute approximate surface area is 144 Å². The highest BCUT2D eigenvalue weighted by Crippen LogP contribution is 2.46. The molecule has 0 spiro atoms. The van der Waals surface area contributed by atoms with Crippen molar-refractivity contribution < 1.29 is 4.74 Å². The van der Waals surface area contributed by atoms with Crippen LogP contribution in [0.15, 0.2) is 0 Å². The fraction of sp³-hybridized carbons (Fsp3) is 0.952. The average molecular weight is 320 g/mol. The number of unbranched alkanes of at least 4 members (excludes halogenated alkanes) is 3. The topological polar surface area (TPSA) is 33.0 Å². The quantitative estimate of drug-likeness (QED) is 0.506. The standard InChI is InChI=1S/C21H37NO/c1-3-4-5-6-7-18-8-10-19(11-9-18)20-12-14-21(16-22,15-13-20)17-23-2/h18-20H,3-15,17H2,1-2H3. The highest BCUT2D eigenvalue weighted by molar-refractivity contribution is 5.02. The van der Waals surface area contributed by atoms with E-state index in [0.29, 0.717) is 6.61 Å². The molecule has 0 radical (unpaired) electrons. The molecule has 132 valence electrons. The highest BCUT2D eigenvalue weighted by Gasteiger charge is 2.38. The molecule has 0 bridgehead atoms. The maximum atomic E-state index is 9.49. The van der Waals surface area contributed by atoms with Crippen LogP contribution in [0.25, 0.3) is 0 Å². The minimum absolute atomic E-state index is 0.179. The third kappa shape index (κ3) is 5.49. The Morgan fingerprint density at radius 3 is 2.17 bits per heavy atom. The molecule has 0 N–H and O–H groups in total. The first-order valence-electron chi connectivity index (χ1n) is 10.1. The van der Waals surface area contributed by atoms with Crippen molar-refractivity contribution in [2.75, 3.05) is 13.7 Å². The summed E-state index contributed by atoms with van der Waals surface area (Å²) < 4.78 is 5.30.